The summed E-state index contributed by atoms with van der Waals surface area (Å²) in [7, 11) is 0. The molecule has 2 nitrogen and oxygen atoms in total. The summed E-state index contributed by atoms with van der Waals surface area (Å²) in [5.41, 5.74) is 2.70. The smallest absolute Gasteiger partial charge is 0.169 e. The lowest BCUT2D eigenvalue weighted by molar-refractivity contribution is 0.0992. The Bertz CT molecular complexity index is 620. The van der Waals surface area contributed by atoms with Crippen LogP contribution in [0.25, 0.3) is 0 Å². The van der Waals surface area contributed by atoms with E-state index in [1.54, 1.807) is 17.4 Å². The van der Waals surface area contributed by atoms with Crippen molar-refractivity contribution in [3.63, 3.8) is 0 Å². The van der Waals surface area contributed by atoms with Crippen molar-refractivity contribution in [2.75, 3.05) is 0 Å². The molecule has 4 heteroatoms. The molecule has 0 fully saturated rings. The molecule has 0 saturated heterocycles. The lowest BCUT2D eigenvalue weighted by Crippen LogP contribution is -2.12. The highest BCUT2D eigenvalue weighted by Gasteiger charge is 2.18. The van der Waals surface area contributed by atoms with Crippen LogP contribution in [0.3, 0.4) is 0 Å². The Balaban J connectivity index is 2.17. The lowest BCUT2D eigenvalue weighted by Gasteiger charge is -2.14. The largest absolute Gasteiger partial charge is 0.294 e. The van der Waals surface area contributed by atoms with Gasteiger partial charge in [-0.15, -0.1) is 11.3 Å². The number of thiazole rings is 1. The van der Waals surface area contributed by atoms with E-state index >= 15 is 0 Å². The van der Waals surface area contributed by atoms with E-state index in [1.165, 1.54) is 0 Å². The molecule has 1 aromatic heterocycles. The molecule has 0 aliphatic rings. The van der Waals surface area contributed by atoms with Crippen molar-refractivity contribution in [3.05, 3.63) is 50.4 Å². The molecule has 20 heavy (non-hydrogen) atoms. The van der Waals surface area contributed by atoms with Gasteiger partial charge in [-0.2, -0.15) is 0 Å². The number of benzene rings is 1. The van der Waals surface area contributed by atoms with Crippen molar-refractivity contribution in [2.24, 2.45) is 0 Å². The fourth-order valence-electron chi connectivity index (χ4n) is 1.87. The fraction of sp³-hybridized carbons (Fsp3) is 0.375. The third-order valence-electron chi connectivity index (χ3n) is 3.00. The molecule has 0 bridgehead atoms. The van der Waals surface area contributed by atoms with Crippen LogP contribution in [-0.4, -0.2) is 10.8 Å². The number of halogens is 1. The Morgan fingerprint density at radius 3 is 2.55 bits per heavy atom. The molecule has 2 aromatic rings. The maximum absolute atomic E-state index is 12.3. The predicted octanol–water partition coefficient (Wildman–Crippen LogP) is 4.83. The van der Waals surface area contributed by atoms with E-state index in [2.05, 4.69) is 25.8 Å². The number of hydrogen-bond acceptors (Lipinski definition) is 3. The van der Waals surface area contributed by atoms with E-state index in [9.17, 15) is 4.79 Å². The SMILES string of the molecule is Cc1cc(Cl)cc(C(=O)Cc2nc(C(C)(C)C)cs2)c1. The maximum Gasteiger partial charge on any atom is 0.169 e. The average Bonchev–Trinajstić information content (AvgIpc) is 2.75. The van der Waals surface area contributed by atoms with Gasteiger partial charge in [0.25, 0.3) is 0 Å². The van der Waals surface area contributed by atoms with Crippen LogP contribution >= 0.6 is 22.9 Å². The van der Waals surface area contributed by atoms with Gasteiger partial charge in [0.1, 0.15) is 5.01 Å². The predicted molar refractivity (Wildman–Crippen MR) is 85.0 cm³/mol. The van der Waals surface area contributed by atoms with Crippen molar-refractivity contribution >= 4 is 28.7 Å². The number of carbonyl (C=O) groups excluding carboxylic acids is 1. The molecule has 0 saturated carbocycles. The molecule has 0 radical (unpaired) electrons. The number of carbonyl (C=O) groups is 1. The van der Waals surface area contributed by atoms with E-state index in [0.717, 1.165) is 16.3 Å². The zero-order valence-electron chi connectivity index (χ0n) is 12.2. The third kappa shape index (κ3) is 3.68. The minimum atomic E-state index is 0.0183. The van der Waals surface area contributed by atoms with Crippen LogP contribution in [0.5, 0.6) is 0 Å². The molecule has 0 atom stereocenters. The van der Waals surface area contributed by atoms with Gasteiger partial charge >= 0.3 is 0 Å². The molecule has 106 valence electrons. The Hall–Kier alpha value is -1.19. The summed E-state index contributed by atoms with van der Waals surface area (Å²) in [6, 6.07) is 5.43. The summed E-state index contributed by atoms with van der Waals surface area (Å²) in [6.45, 7) is 8.29. The number of aromatic nitrogens is 1. The van der Waals surface area contributed by atoms with Crippen molar-refractivity contribution in [2.45, 2.75) is 39.5 Å². The highest BCUT2D eigenvalue weighted by molar-refractivity contribution is 7.09. The van der Waals surface area contributed by atoms with Gasteiger partial charge in [-0.25, -0.2) is 4.98 Å². The second-order valence-corrected chi connectivity index (χ2v) is 7.37. The highest BCUT2D eigenvalue weighted by atomic mass is 35.5. The standard InChI is InChI=1S/C16H18ClNOS/c1-10-5-11(7-12(17)6-10)13(19)8-15-18-14(9-20-15)16(2,3)4/h5-7,9H,8H2,1-4H3. The highest BCUT2D eigenvalue weighted by Crippen LogP contribution is 2.25. The van der Waals surface area contributed by atoms with Crippen LogP contribution < -0.4 is 0 Å². The number of aryl methyl sites for hydroxylation is 1. The third-order valence-corrected chi connectivity index (χ3v) is 4.06. The molecular formula is C16H18ClNOS. The van der Waals surface area contributed by atoms with Gasteiger partial charge in [0.15, 0.2) is 5.78 Å². The molecule has 1 heterocycles. The Labute approximate surface area is 128 Å². The number of ketones is 1. The van der Waals surface area contributed by atoms with E-state index in [4.69, 9.17) is 11.6 Å². The van der Waals surface area contributed by atoms with Gasteiger partial charge in [0.05, 0.1) is 12.1 Å². The first-order chi connectivity index (χ1) is 9.25. The topological polar surface area (TPSA) is 30.0 Å². The number of Topliss-reactive ketones (excluding diaryl/α,β-unsaturated/α-hetero) is 1. The molecule has 0 amide bonds. The number of nitrogens with zero attached hydrogens (tertiary/aromatic N) is 1. The average molecular weight is 308 g/mol. The van der Waals surface area contributed by atoms with Crippen LogP contribution in [0.1, 0.15) is 47.4 Å². The first kappa shape index (κ1) is 15.2. The number of hydrogen-bond donors (Lipinski definition) is 0. The molecule has 0 aliphatic heterocycles. The Morgan fingerprint density at radius 1 is 1.30 bits per heavy atom. The minimum absolute atomic E-state index is 0.0183. The summed E-state index contributed by atoms with van der Waals surface area (Å²) in [5.74, 6) is 0.0606. The van der Waals surface area contributed by atoms with Crippen molar-refractivity contribution in [1.29, 1.82) is 0 Å². The summed E-state index contributed by atoms with van der Waals surface area (Å²) in [4.78, 5) is 16.8. The molecule has 2 rings (SSSR count). The summed E-state index contributed by atoms with van der Waals surface area (Å²) in [5, 5.41) is 3.49. The summed E-state index contributed by atoms with van der Waals surface area (Å²) < 4.78 is 0. The number of rotatable bonds is 3. The molecule has 0 N–H and O–H groups in total. The van der Waals surface area contributed by atoms with Gasteiger partial charge in [0.2, 0.25) is 0 Å². The lowest BCUT2D eigenvalue weighted by atomic mass is 9.93. The molecular weight excluding hydrogens is 290 g/mol. The zero-order valence-corrected chi connectivity index (χ0v) is 13.7. The first-order valence-corrected chi connectivity index (χ1v) is 7.77. The summed E-state index contributed by atoms with van der Waals surface area (Å²) >= 11 is 7.54. The van der Waals surface area contributed by atoms with Gasteiger partial charge in [-0.1, -0.05) is 32.4 Å². The second-order valence-electron chi connectivity index (χ2n) is 5.99. The normalized spacial score (nSPS) is 11.7. The first-order valence-electron chi connectivity index (χ1n) is 6.51. The molecule has 0 unspecified atom stereocenters. The zero-order chi connectivity index (χ0) is 14.9. The minimum Gasteiger partial charge on any atom is -0.294 e. The van der Waals surface area contributed by atoms with Crippen LogP contribution in [-0.2, 0) is 11.8 Å². The summed E-state index contributed by atoms with van der Waals surface area (Å²) in [6.07, 6.45) is 0.334. The quantitative estimate of drug-likeness (QED) is 0.760. The monoisotopic (exact) mass is 307 g/mol. The maximum atomic E-state index is 12.3. The van der Waals surface area contributed by atoms with E-state index < -0.39 is 0 Å². The van der Waals surface area contributed by atoms with Crippen LogP contribution in [0, 0.1) is 6.92 Å². The fourth-order valence-corrected chi connectivity index (χ4v) is 3.18. The van der Waals surface area contributed by atoms with Crippen molar-refractivity contribution in [3.8, 4) is 0 Å². The van der Waals surface area contributed by atoms with E-state index in [0.29, 0.717) is 17.0 Å². The van der Waals surface area contributed by atoms with Gasteiger partial charge in [-0.3, -0.25) is 4.79 Å². The van der Waals surface area contributed by atoms with Crippen LogP contribution in [0.4, 0.5) is 0 Å². The van der Waals surface area contributed by atoms with Crippen LogP contribution in [0.15, 0.2) is 23.6 Å². The van der Waals surface area contributed by atoms with Crippen molar-refractivity contribution in [1.82, 2.24) is 4.98 Å². The Kier molecular flexibility index (Phi) is 4.31. The second kappa shape index (κ2) is 5.66. The molecule has 1 aromatic carbocycles. The van der Waals surface area contributed by atoms with Crippen molar-refractivity contribution < 1.29 is 4.79 Å². The van der Waals surface area contributed by atoms with Crippen LogP contribution in [0.2, 0.25) is 5.02 Å². The van der Waals surface area contributed by atoms with Gasteiger partial charge in [-0.05, 0) is 30.7 Å². The van der Waals surface area contributed by atoms with Gasteiger partial charge in [0, 0.05) is 21.4 Å². The van der Waals surface area contributed by atoms with Gasteiger partial charge < -0.3 is 0 Å². The van der Waals surface area contributed by atoms with E-state index in [1.807, 2.05) is 24.4 Å². The molecule has 0 aliphatic carbocycles. The van der Waals surface area contributed by atoms with E-state index in [-0.39, 0.29) is 11.2 Å². The Morgan fingerprint density at radius 2 is 2.00 bits per heavy atom. The molecule has 0 spiro atoms.